The molecule has 2 fully saturated rings. The first-order chi connectivity index (χ1) is 19.0. The molecular formula is C28H25IN2O9. The first kappa shape index (κ1) is 27.9. The minimum Gasteiger partial charge on any atom is -0.507 e. The van der Waals surface area contributed by atoms with Crippen LogP contribution in [0.25, 0.3) is 11.1 Å². The van der Waals surface area contributed by atoms with Crippen molar-refractivity contribution in [1.29, 1.82) is 0 Å². The largest absolute Gasteiger partial charge is 0.507 e. The first-order valence-corrected chi connectivity index (χ1v) is 14.1. The lowest BCUT2D eigenvalue weighted by atomic mass is 9.53. The van der Waals surface area contributed by atoms with Crippen LogP contribution in [0.1, 0.15) is 28.8 Å². The summed E-state index contributed by atoms with van der Waals surface area (Å²) in [6.07, 6.45) is -0.809. The van der Waals surface area contributed by atoms with E-state index in [4.69, 9.17) is 10.5 Å². The number of alkyl halides is 1. The number of nitrogens with one attached hydrogen (secondary N) is 1. The van der Waals surface area contributed by atoms with E-state index in [0.29, 0.717) is 26.8 Å². The van der Waals surface area contributed by atoms with Gasteiger partial charge in [-0.2, -0.15) is 0 Å². The van der Waals surface area contributed by atoms with Gasteiger partial charge in [0.15, 0.2) is 34.7 Å². The molecule has 40 heavy (non-hydrogen) atoms. The number of hydrogen-bond donors (Lipinski definition) is 4. The number of nitrogens with two attached hydrogens (primary N) is 1. The first-order valence-electron chi connectivity index (χ1n) is 12.6. The van der Waals surface area contributed by atoms with Crippen LogP contribution in [0.3, 0.4) is 0 Å². The van der Waals surface area contributed by atoms with Crippen molar-refractivity contribution in [3.63, 3.8) is 0 Å². The molecule has 0 saturated heterocycles. The van der Waals surface area contributed by atoms with Crippen molar-refractivity contribution in [2.45, 2.75) is 24.9 Å². The number of carbonyl (C=O) groups excluding carboxylic acids is 6. The van der Waals surface area contributed by atoms with Gasteiger partial charge in [0.05, 0.1) is 11.5 Å². The van der Waals surface area contributed by atoms with Gasteiger partial charge in [0.2, 0.25) is 5.91 Å². The van der Waals surface area contributed by atoms with Gasteiger partial charge in [0.25, 0.3) is 0 Å². The number of fused-ring (bicyclic) bond motifs is 3. The maximum absolute atomic E-state index is 13.7. The molecule has 2 unspecified atom stereocenters. The van der Waals surface area contributed by atoms with E-state index in [2.05, 4.69) is 27.9 Å². The number of amides is 2. The summed E-state index contributed by atoms with van der Waals surface area (Å²) >= 11 is 2.09. The smallest absolute Gasteiger partial charge is 0.411 e. The number of ether oxygens (including phenoxy) is 1. The normalized spacial score (nSPS) is 27.4. The number of phenols is 1. The lowest BCUT2D eigenvalue weighted by Gasteiger charge is -2.48. The van der Waals surface area contributed by atoms with E-state index in [9.17, 15) is 39.0 Å². The van der Waals surface area contributed by atoms with Gasteiger partial charge in [0.1, 0.15) is 12.4 Å². The summed E-state index contributed by atoms with van der Waals surface area (Å²) in [6, 6.07) is 9.75. The second-order valence-electron chi connectivity index (χ2n) is 10.3. The van der Waals surface area contributed by atoms with Crippen molar-refractivity contribution in [1.82, 2.24) is 0 Å². The van der Waals surface area contributed by atoms with Crippen molar-refractivity contribution >= 4 is 63.4 Å². The summed E-state index contributed by atoms with van der Waals surface area (Å²) < 4.78 is 5.67. The minimum absolute atomic E-state index is 0.0122. The predicted octanol–water partition coefficient (Wildman–Crippen LogP) is 1.98. The molecule has 5 atom stereocenters. The number of hydrogen-bond acceptors (Lipinski definition) is 9. The number of halogens is 1. The predicted molar refractivity (Wildman–Crippen MR) is 148 cm³/mol. The number of anilines is 1. The van der Waals surface area contributed by atoms with E-state index in [1.54, 1.807) is 30.3 Å². The van der Waals surface area contributed by atoms with Gasteiger partial charge in [-0.05, 0) is 53.6 Å². The Kier molecular flexibility index (Phi) is 7.25. The molecule has 3 aliphatic carbocycles. The van der Waals surface area contributed by atoms with Crippen LogP contribution in [0.4, 0.5) is 10.5 Å². The topological polar surface area (TPSA) is 190 Å². The Labute approximate surface area is 241 Å². The number of carbonyl (C=O) groups is 6. The fraction of sp³-hybridized carbons (Fsp3) is 0.357. The Bertz CT molecular complexity index is 1470. The fourth-order valence-corrected chi connectivity index (χ4v) is 6.48. The van der Waals surface area contributed by atoms with Crippen LogP contribution in [0.15, 0.2) is 36.4 Å². The molecule has 208 valence electrons. The third kappa shape index (κ3) is 4.38. The van der Waals surface area contributed by atoms with Gasteiger partial charge in [-0.3, -0.25) is 29.3 Å². The van der Waals surface area contributed by atoms with Crippen molar-refractivity contribution in [2.24, 2.45) is 29.4 Å². The summed E-state index contributed by atoms with van der Waals surface area (Å²) in [4.78, 5) is 76.5. The van der Waals surface area contributed by atoms with Crippen LogP contribution < -0.4 is 11.1 Å². The van der Waals surface area contributed by atoms with Crippen molar-refractivity contribution in [2.75, 3.05) is 16.4 Å². The molecule has 3 aliphatic rings. The number of rotatable bonds is 5. The zero-order chi connectivity index (χ0) is 28.9. The Morgan fingerprint density at radius 2 is 1.75 bits per heavy atom. The second-order valence-corrected chi connectivity index (χ2v) is 11.3. The van der Waals surface area contributed by atoms with E-state index < -0.39 is 70.8 Å². The van der Waals surface area contributed by atoms with Gasteiger partial charge in [-0.25, -0.2) is 4.79 Å². The monoisotopic (exact) mass is 660 g/mol. The summed E-state index contributed by atoms with van der Waals surface area (Å²) in [5.74, 6) is -10.6. The maximum Gasteiger partial charge on any atom is 0.411 e. The molecule has 0 aliphatic heterocycles. The zero-order valence-corrected chi connectivity index (χ0v) is 23.2. The van der Waals surface area contributed by atoms with Gasteiger partial charge in [0, 0.05) is 22.5 Å². The molecule has 2 amide bonds. The van der Waals surface area contributed by atoms with Crippen LogP contribution in [0, 0.1) is 23.7 Å². The second kappa shape index (κ2) is 10.4. The van der Waals surface area contributed by atoms with Crippen molar-refractivity contribution < 1.29 is 43.7 Å². The standard InChI is InChI=1S/C28H25IN2O9/c29-7-8-40-27(38)31-15-3-1-12(2-4-15)16-5-6-18(32)21-17(16)10-13-9-14-11-19(33)22(26(30)37)25(36)28(14,39)24(35)20(13)23(21)34/h1-6,13-14,20,22,32,39H,7-11H2,(H2,30,37)(H,31,38)/t13-,14+,20?,22?,28+/m1/s1. The van der Waals surface area contributed by atoms with Gasteiger partial charge in [-0.1, -0.05) is 40.8 Å². The van der Waals surface area contributed by atoms with Crippen LogP contribution in [-0.4, -0.2) is 62.0 Å². The Balaban J connectivity index is 1.49. The molecule has 0 radical (unpaired) electrons. The fourth-order valence-electron chi connectivity index (χ4n) is 6.26. The highest BCUT2D eigenvalue weighted by atomic mass is 127. The average Bonchev–Trinajstić information content (AvgIpc) is 2.90. The lowest BCUT2D eigenvalue weighted by molar-refractivity contribution is -0.175. The van der Waals surface area contributed by atoms with Crippen LogP contribution in [0.5, 0.6) is 5.75 Å². The highest BCUT2D eigenvalue weighted by Crippen LogP contribution is 2.51. The third-order valence-electron chi connectivity index (χ3n) is 8.04. The number of primary amides is 1. The molecule has 2 saturated carbocycles. The highest BCUT2D eigenvalue weighted by Gasteiger charge is 2.66. The minimum atomic E-state index is -2.68. The summed E-state index contributed by atoms with van der Waals surface area (Å²) in [6.45, 7) is 0.273. The number of aliphatic hydroxyl groups is 1. The molecule has 5 rings (SSSR count). The number of Topliss-reactive ketones (excluding diaryl/α,β-unsaturated/α-hetero) is 4. The molecule has 0 spiro atoms. The van der Waals surface area contributed by atoms with E-state index in [1.807, 2.05) is 0 Å². The molecule has 12 heteroatoms. The van der Waals surface area contributed by atoms with E-state index in [1.165, 1.54) is 6.07 Å². The van der Waals surface area contributed by atoms with Crippen molar-refractivity contribution in [3.05, 3.63) is 47.5 Å². The Hall–Kier alpha value is -3.65. The number of benzene rings is 2. The summed E-state index contributed by atoms with van der Waals surface area (Å²) in [5, 5.41) is 24.6. The molecule has 0 aromatic heterocycles. The zero-order valence-electron chi connectivity index (χ0n) is 21.0. The number of aromatic hydroxyl groups is 1. The van der Waals surface area contributed by atoms with Crippen molar-refractivity contribution in [3.8, 4) is 16.9 Å². The van der Waals surface area contributed by atoms with Gasteiger partial charge in [-0.15, -0.1) is 0 Å². The molecule has 5 N–H and O–H groups in total. The SMILES string of the molecule is NC(=O)C1C(=O)C[C@@H]2C[C@@H]3Cc4c(-c5ccc(NC(=O)OCCI)cc5)ccc(O)c4C(=O)C3C(=O)[C@]2(O)C1=O. The van der Waals surface area contributed by atoms with E-state index >= 15 is 0 Å². The van der Waals surface area contributed by atoms with Crippen LogP contribution >= 0.6 is 22.6 Å². The van der Waals surface area contributed by atoms with Crippen LogP contribution in [0.2, 0.25) is 0 Å². The quantitative estimate of drug-likeness (QED) is 0.211. The van der Waals surface area contributed by atoms with Crippen LogP contribution in [-0.2, 0) is 30.3 Å². The Morgan fingerprint density at radius 3 is 2.40 bits per heavy atom. The molecule has 2 aromatic carbocycles. The third-order valence-corrected chi connectivity index (χ3v) is 8.48. The number of ketones is 4. The van der Waals surface area contributed by atoms with Gasteiger partial charge < -0.3 is 20.7 Å². The van der Waals surface area contributed by atoms with E-state index in [0.717, 1.165) is 0 Å². The molecular weight excluding hydrogens is 635 g/mol. The van der Waals surface area contributed by atoms with Gasteiger partial charge >= 0.3 is 6.09 Å². The molecule has 2 aromatic rings. The summed E-state index contributed by atoms with van der Waals surface area (Å²) in [5.41, 5.74) is 4.73. The highest BCUT2D eigenvalue weighted by molar-refractivity contribution is 14.1. The molecule has 0 heterocycles. The molecule has 11 nitrogen and oxygen atoms in total. The summed E-state index contributed by atoms with van der Waals surface area (Å²) in [7, 11) is 0. The number of phenolic OH excluding ortho intramolecular Hbond substituents is 1. The Morgan fingerprint density at radius 1 is 1.05 bits per heavy atom. The maximum atomic E-state index is 13.7. The average molecular weight is 660 g/mol. The molecule has 0 bridgehead atoms. The van der Waals surface area contributed by atoms with E-state index in [-0.39, 0.29) is 30.8 Å². The lowest BCUT2D eigenvalue weighted by Crippen LogP contribution is -2.68.